The van der Waals surface area contributed by atoms with Gasteiger partial charge in [-0.05, 0) is 71.3 Å². The average Bonchev–Trinajstić information content (AvgIpc) is 3.14. The minimum Gasteiger partial charge on any atom is -0.504 e. The molecule has 0 fully saturated rings. The first-order valence-corrected chi connectivity index (χ1v) is 17.0. The Kier molecular flexibility index (Phi) is 11.8. The summed E-state index contributed by atoms with van der Waals surface area (Å²) in [6.07, 6.45) is -0.191. The maximum Gasteiger partial charge on any atom is 0.242 e. The molecular formula is C42H43N3O7. The van der Waals surface area contributed by atoms with Gasteiger partial charge < -0.3 is 36.4 Å². The second-order valence-corrected chi connectivity index (χ2v) is 12.9. The van der Waals surface area contributed by atoms with Crippen molar-refractivity contribution in [1.82, 2.24) is 16.0 Å². The monoisotopic (exact) mass is 701 g/mol. The van der Waals surface area contributed by atoms with Gasteiger partial charge in [-0.25, -0.2) is 0 Å². The first-order chi connectivity index (χ1) is 25.0. The number of amides is 3. The molecule has 52 heavy (non-hydrogen) atoms. The third-order valence-corrected chi connectivity index (χ3v) is 9.10. The molecule has 0 bridgehead atoms. The van der Waals surface area contributed by atoms with E-state index in [4.69, 9.17) is 0 Å². The second-order valence-electron chi connectivity index (χ2n) is 12.9. The molecule has 5 aromatic rings. The third kappa shape index (κ3) is 8.89. The summed E-state index contributed by atoms with van der Waals surface area (Å²) in [5.74, 6) is -2.93. The van der Waals surface area contributed by atoms with Crippen LogP contribution >= 0.6 is 0 Å². The highest BCUT2D eigenvalue weighted by Crippen LogP contribution is 2.37. The molecule has 5 rings (SSSR count). The van der Waals surface area contributed by atoms with E-state index in [9.17, 15) is 34.8 Å². The summed E-state index contributed by atoms with van der Waals surface area (Å²) in [6, 6.07) is 34.7. The van der Waals surface area contributed by atoms with E-state index in [-0.39, 0.29) is 60.6 Å². The molecule has 0 heterocycles. The van der Waals surface area contributed by atoms with Crippen molar-refractivity contribution in [3.05, 3.63) is 155 Å². The lowest BCUT2D eigenvalue weighted by atomic mass is 9.76. The van der Waals surface area contributed by atoms with Crippen molar-refractivity contribution in [2.75, 3.05) is 0 Å². The lowest BCUT2D eigenvalue weighted by molar-refractivity contribution is -0.130. The molecule has 3 amide bonds. The van der Waals surface area contributed by atoms with Crippen molar-refractivity contribution >= 4 is 17.7 Å². The second kappa shape index (κ2) is 16.6. The topological polar surface area (TPSA) is 168 Å². The fourth-order valence-corrected chi connectivity index (χ4v) is 6.20. The highest BCUT2D eigenvalue weighted by Gasteiger charge is 2.38. The van der Waals surface area contributed by atoms with Gasteiger partial charge in [0, 0.05) is 19.4 Å². The molecule has 0 saturated carbocycles. The minimum absolute atomic E-state index is 0.00697. The van der Waals surface area contributed by atoms with E-state index in [1.165, 1.54) is 24.3 Å². The van der Waals surface area contributed by atoms with E-state index in [0.29, 0.717) is 11.1 Å². The van der Waals surface area contributed by atoms with Crippen LogP contribution in [0.15, 0.2) is 121 Å². The highest BCUT2D eigenvalue weighted by molar-refractivity contribution is 5.89. The lowest BCUT2D eigenvalue weighted by Gasteiger charge is -2.37. The van der Waals surface area contributed by atoms with Gasteiger partial charge in [-0.1, -0.05) is 110 Å². The van der Waals surface area contributed by atoms with Crippen LogP contribution < -0.4 is 16.0 Å². The Bertz CT molecular complexity index is 1960. The molecule has 0 aromatic heterocycles. The van der Waals surface area contributed by atoms with Crippen LogP contribution in [0.1, 0.15) is 65.5 Å². The first kappa shape index (κ1) is 37.0. The largest absolute Gasteiger partial charge is 0.504 e. The van der Waals surface area contributed by atoms with Gasteiger partial charge in [-0.2, -0.15) is 0 Å². The molecule has 7 N–H and O–H groups in total. The van der Waals surface area contributed by atoms with Gasteiger partial charge in [0.05, 0.1) is 0 Å². The number of aryl methyl sites for hydroxylation is 1. The Balaban J connectivity index is 1.39. The third-order valence-electron chi connectivity index (χ3n) is 9.10. The van der Waals surface area contributed by atoms with Crippen LogP contribution in [0, 0.1) is 6.92 Å². The van der Waals surface area contributed by atoms with Crippen LogP contribution in [-0.2, 0) is 26.5 Å². The van der Waals surface area contributed by atoms with Crippen molar-refractivity contribution in [2.24, 2.45) is 0 Å². The van der Waals surface area contributed by atoms with Crippen LogP contribution in [0.25, 0.3) is 0 Å². The molecule has 0 aliphatic carbocycles. The van der Waals surface area contributed by atoms with Crippen LogP contribution in [0.4, 0.5) is 0 Å². The number of phenols is 4. The van der Waals surface area contributed by atoms with Gasteiger partial charge in [0.25, 0.3) is 0 Å². The molecule has 5 aromatic carbocycles. The van der Waals surface area contributed by atoms with Gasteiger partial charge in [-0.3, -0.25) is 14.4 Å². The van der Waals surface area contributed by atoms with E-state index in [0.717, 1.165) is 22.3 Å². The van der Waals surface area contributed by atoms with Gasteiger partial charge in [0.15, 0.2) is 23.0 Å². The Morgan fingerprint density at radius 2 is 1.21 bits per heavy atom. The van der Waals surface area contributed by atoms with E-state index >= 15 is 0 Å². The maximum absolute atomic E-state index is 14.1. The van der Waals surface area contributed by atoms with Crippen molar-refractivity contribution in [3.8, 4) is 23.0 Å². The number of hydrogen-bond donors (Lipinski definition) is 7. The van der Waals surface area contributed by atoms with Gasteiger partial charge >= 0.3 is 0 Å². The number of carbonyl (C=O) groups excluding carboxylic acids is 3. The van der Waals surface area contributed by atoms with E-state index in [2.05, 4.69) is 16.0 Å². The fourth-order valence-electron chi connectivity index (χ4n) is 6.20. The van der Waals surface area contributed by atoms with Gasteiger partial charge in [0.1, 0.15) is 11.6 Å². The summed E-state index contributed by atoms with van der Waals surface area (Å²) in [7, 11) is 0. The molecule has 0 saturated heterocycles. The van der Waals surface area contributed by atoms with Crippen molar-refractivity contribution in [1.29, 1.82) is 0 Å². The van der Waals surface area contributed by atoms with Gasteiger partial charge in [-0.15, -0.1) is 0 Å². The van der Waals surface area contributed by atoms with Crippen LogP contribution in [-0.4, -0.2) is 44.2 Å². The van der Waals surface area contributed by atoms with Crippen molar-refractivity contribution in [2.45, 2.75) is 57.2 Å². The SMILES string of the molecule is Cc1ccc(C(NC(=O)CC[C@H](NC(=O)CC(C)c2ccc(O)c(O)c2)C(=O)NCc2ccc(O)c(O)c2)(c2ccccc2)c2ccccc2)cc1. The van der Waals surface area contributed by atoms with Crippen LogP contribution in [0.5, 0.6) is 23.0 Å². The van der Waals surface area contributed by atoms with Crippen LogP contribution in [0.2, 0.25) is 0 Å². The standard InChI is InChI=1S/C42H43N3O7/c1-27-13-17-33(18-14-27)42(31-9-5-3-6-10-31,32-11-7-4-8-12-32)45-39(50)22-19-34(41(52)43-26-29-15-20-35(46)37(48)24-29)44-40(51)23-28(2)30-16-21-36(47)38(49)25-30/h3-18,20-21,24-25,28,34,46-49H,19,22-23,26H2,1-2H3,(H,43,52)(H,44,51)(H,45,50)/t28?,34-/m0/s1. The Hall–Kier alpha value is -6.29. The van der Waals surface area contributed by atoms with E-state index in [1.807, 2.05) is 91.9 Å². The summed E-state index contributed by atoms with van der Waals surface area (Å²) >= 11 is 0. The van der Waals surface area contributed by atoms with Crippen molar-refractivity contribution in [3.63, 3.8) is 0 Å². The Morgan fingerprint density at radius 3 is 1.79 bits per heavy atom. The number of phenolic OH excluding ortho intramolecular Hbond substituents is 4. The van der Waals surface area contributed by atoms with Gasteiger partial charge in [0.2, 0.25) is 17.7 Å². The smallest absolute Gasteiger partial charge is 0.242 e. The summed E-state index contributed by atoms with van der Waals surface area (Å²) in [5.41, 5.74) is 3.65. The highest BCUT2D eigenvalue weighted by atomic mass is 16.3. The van der Waals surface area contributed by atoms with E-state index < -0.39 is 23.4 Å². The summed E-state index contributed by atoms with van der Waals surface area (Å²) in [5, 5.41) is 48.1. The summed E-state index contributed by atoms with van der Waals surface area (Å²) in [6.45, 7) is 3.77. The molecule has 2 atom stereocenters. The van der Waals surface area contributed by atoms with Crippen molar-refractivity contribution < 1.29 is 34.8 Å². The summed E-state index contributed by atoms with van der Waals surface area (Å²) in [4.78, 5) is 41.0. The number of rotatable bonds is 14. The normalized spacial score (nSPS) is 12.3. The molecule has 268 valence electrons. The zero-order chi connectivity index (χ0) is 37.3. The molecule has 10 heteroatoms. The first-order valence-electron chi connectivity index (χ1n) is 17.0. The predicted molar refractivity (Wildman–Crippen MR) is 198 cm³/mol. The lowest BCUT2D eigenvalue weighted by Crippen LogP contribution is -2.50. The zero-order valence-electron chi connectivity index (χ0n) is 29.0. The quantitative estimate of drug-likeness (QED) is 0.0551. The Labute approximate surface area is 302 Å². The predicted octanol–water partition coefficient (Wildman–Crippen LogP) is 6.00. The number of nitrogens with one attached hydrogen (secondary N) is 3. The molecule has 0 aliphatic rings. The summed E-state index contributed by atoms with van der Waals surface area (Å²) < 4.78 is 0. The van der Waals surface area contributed by atoms with E-state index in [1.54, 1.807) is 19.1 Å². The molecule has 10 nitrogen and oxygen atoms in total. The fraction of sp³-hybridized carbons (Fsp3) is 0.214. The number of aromatic hydroxyl groups is 4. The zero-order valence-corrected chi connectivity index (χ0v) is 29.0. The number of benzene rings is 5. The molecule has 0 radical (unpaired) electrons. The maximum atomic E-state index is 14.1. The molecule has 1 unspecified atom stereocenters. The Morgan fingerprint density at radius 1 is 0.654 bits per heavy atom. The number of carbonyl (C=O) groups is 3. The molecule has 0 aliphatic heterocycles. The van der Waals surface area contributed by atoms with Crippen LogP contribution in [0.3, 0.4) is 0 Å². The number of hydrogen-bond acceptors (Lipinski definition) is 7. The molecule has 0 spiro atoms. The minimum atomic E-state index is -1.10. The molecular weight excluding hydrogens is 658 g/mol. The average molecular weight is 702 g/mol.